The molecule has 12 nitrogen and oxygen atoms in total. The van der Waals surface area contributed by atoms with Crippen LogP contribution >= 0.6 is 0 Å². The molecule has 0 amide bonds. The van der Waals surface area contributed by atoms with Crippen LogP contribution in [-0.2, 0) is 14.3 Å². The number of nitrogens with zero attached hydrogens (tertiary/aromatic N) is 6. The second-order valence-electron chi connectivity index (χ2n) is 6.46. The third kappa shape index (κ3) is 7.80. The molecule has 1 unspecified atom stereocenters. The van der Waals surface area contributed by atoms with E-state index in [-0.39, 0.29) is 34.3 Å². The molecule has 0 spiro atoms. The van der Waals surface area contributed by atoms with Crippen molar-refractivity contribution in [1.29, 1.82) is 0 Å². The van der Waals surface area contributed by atoms with Gasteiger partial charge in [0.2, 0.25) is 0 Å². The van der Waals surface area contributed by atoms with Crippen molar-refractivity contribution in [3.8, 4) is 0 Å². The zero-order chi connectivity index (χ0) is 22.6. The predicted octanol–water partition coefficient (Wildman–Crippen LogP) is 3.78. The van der Waals surface area contributed by atoms with Gasteiger partial charge in [-0.3, -0.25) is 0 Å². The summed E-state index contributed by atoms with van der Waals surface area (Å²) in [6.45, 7) is 9.72. The summed E-state index contributed by atoms with van der Waals surface area (Å²) < 4.78 is 16.6. The molecule has 164 valence electrons. The molecular weight excluding hydrogens is 383 g/mol. The Morgan fingerprint density at radius 3 is 1.14 bits per heavy atom. The monoisotopic (exact) mass is 410 g/mol. The quantitative estimate of drug-likeness (QED) is 0.285. The highest BCUT2D eigenvalue weighted by atomic mass is 16.9. The average molecular weight is 410 g/mol. The van der Waals surface area contributed by atoms with Gasteiger partial charge in [-0.05, 0) is 47.4 Å². The van der Waals surface area contributed by atoms with Crippen molar-refractivity contribution < 1.29 is 14.3 Å². The van der Waals surface area contributed by atoms with Crippen LogP contribution in [0.15, 0.2) is 30.9 Å². The smallest absolute Gasteiger partial charge is 0.611 e. The highest BCUT2D eigenvalue weighted by Crippen LogP contribution is 2.30. The lowest BCUT2D eigenvalue weighted by Crippen LogP contribution is -2.46. The van der Waals surface area contributed by atoms with E-state index in [9.17, 15) is 15.6 Å². The molecule has 29 heavy (non-hydrogen) atoms. The van der Waals surface area contributed by atoms with Crippen molar-refractivity contribution in [2.24, 2.45) is 30.9 Å². The topological polar surface area (TPSA) is 171 Å². The number of hydrogen-bond donors (Lipinski definition) is 0. The number of rotatable bonds is 11. The van der Waals surface area contributed by atoms with Gasteiger partial charge in [-0.15, -0.1) is 15.5 Å². The lowest BCUT2D eigenvalue weighted by Gasteiger charge is -2.38. The van der Waals surface area contributed by atoms with Gasteiger partial charge in [-0.1, -0.05) is 20.3 Å². The molecule has 0 aromatic heterocycles. The van der Waals surface area contributed by atoms with Gasteiger partial charge in [0.15, 0.2) is 0 Å². The Hall–Kier alpha value is -3.12. The zero-order valence-corrected chi connectivity index (χ0v) is 18.0. The molecule has 0 aliphatic rings. The Morgan fingerprint density at radius 1 is 0.655 bits per heavy atom. The Morgan fingerprint density at radius 2 is 0.931 bits per heavy atom. The third-order valence-electron chi connectivity index (χ3n) is 4.33. The maximum absolute atomic E-state index is 10.7. The Balaban J connectivity index is 6.22. The summed E-state index contributed by atoms with van der Waals surface area (Å²) in [5, 5.41) is 52.1. The molecule has 0 N–H and O–H groups in total. The molecule has 0 bridgehead atoms. The summed E-state index contributed by atoms with van der Waals surface area (Å²) in [4.78, 5) is 0. The molecule has 0 saturated heterocycles. The van der Waals surface area contributed by atoms with Gasteiger partial charge in [-0.25, -0.2) is 0 Å². The van der Waals surface area contributed by atoms with Crippen LogP contribution in [0.2, 0.25) is 5.82 Å². The second kappa shape index (κ2) is 12.4. The lowest BCUT2D eigenvalue weighted by molar-refractivity contribution is 0.0572. The van der Waals surface area contributed by atoms with E-state index in [2.05, 4.69) is 30.9 Å². The number of oxime groups is 3. The van der Waals surface area contributed by atoms with E-state index >= 15 is 0 Å². The molecule has 0 radical (unpaired) electrons. The molecular formula is C16H27BN6O6-4. The predicted molar refractivity (Wildman–Crippen MR) is 117 cm³/mol. The van der Waals surface area contributed by atoms with Crippen LogP contribution < -0.4 is 0 Å². The summed E-state index contributed by atoms with van der Waals surface area (Å²) in [7, 11) is 0. The maximum Gasteiger partial charge on any atom is 0.611 e. The first-order chi connectivity index (χ1) is 13.6. The minimum absolute atomic E-state index is 0.0990. The van der Waals surface area contributed by atoms with Gasteiger partial charge in [0.25, 0.3) is 0 Å². The van der Waals surface area contributed by atoms with E-state index in [1.54, 1.807) is 6.92 Å². The van der Waals surface area contributed by atoms with Crippen LogP contribution in [0.5, 0.6) is 0 Å². The van der Waals surface area contributed by atoms with E-state index in [1.165, 1.54) is 41.5 Å². The minimum atomic E-state index is -2.80. The van der Waals surface area contributed by atoms with Crippen molar-refractivity contribution in [2.45, 2.75) is 67.6 Å². The van der Waals surface area contributed by atoms with Crippen LogP contribution in [0.25, 0.3) is 0 Å². The Labute approximate surface area is 170 Å². The fourth-order valence-corrected chi connectivity index (χ4v) is 1.51. The highest BCUT2D eigenvalue weighted by Gasteiger charge is 2.44. The van der Waals surface area contributed by atoms with E-state index in [0.717, 1.165) is 0 Å². The van der Waals surface area contributed by atoms with E-state index in [1.807, 2.05) is 6.92 Å². The van der Waals surface area contributed by atoms with Crippen molar-refractivity contribution in [3.63, 3.8) is 0 Å². The average Bonchev–Trinajstić information content (AvgIpc) is 2.75. The largest absolute Gasteiger partial charge is 0.792 e. The van der Waals surface area contributed by atoms with Crippen LogP contribution in [0.3, 0.4) is 0 Å². The molecule has 0 saturated carbocycles. The first kappa shape index (κ1) is 25.9. The molecule has 0 aromatic rings. The van der Waals surface area contributed by atoms with Crippen LogP contribution in [0.1, 0.15) is 61.8 Å². The van der Waals surface area contributed by atoms with Gasteiger partial charge in [-0.2, -0.15) is 0 Å². The van der Waals surface area contributed by atoms with Gasteiger partial charge in [0.1, 0.15) is 0 Å². The molecule has 13 heteroatoms. The summed E-state index contributed by atoms with van der Waals surface area (Å²) in [5.74, 6) is -0.432. The minimum Gasteiger partial charge on any atom is -0.792 e. The molecule has 0 heterocycles. The molecule has 0 aliphatic heterocycles. The first-order valence-corrected chi connectivity index (χ1v) is 8.92. The molecule has 0 fully saturated rings. The number of hydrogen-bond acceptors (Lipinski definition) is 12. The Kier molecular flexibility index (Phi) is 11.0. The van der Waals surface area contributed by atoms with Crippen molar-refractivity contribution in [3.05, 3.63) is 15.6 Å². The van der Waals surface area contributed by atoms with Gasteiger partial charge in [0.05, 0.1) is 34.3 Å². The van der Waals surface area contributed by atoms with Gasteiger partial charge < -0.3 is 45.4 Å². The van der Waals surface area contributed by atoms with Crippen molar-refractivity contribution in [2.75, 3.05) is 0 Å². The van der Waals surface area contributed by atoms with Crippen LogP contribution in [0, 0.1) is 15.6 Å². The molecule has 0 rings (SSSR count). The fourth-order valence-electron chi connectivity index (χ4n) is 1.51. The summed E-state index contributed by atoms with van der Waals surface area (Å²) in [6, 6.07) is 0. The standard InChI is InChI=1S/C16H30BN6O6/c1-9-10(2)17(27-21-14(6)11(3)18-24,28-22-15(7)12(4)19-25)29-23-16(8)13(5)20-26/h10,24-26H,9H2,1-8H3/q-1/p-3/b18-11-,19-12-,20-13-,21-14-,22-15-,23-16-. The SMILES string of the molecule is CCC(C)[B-](O/N=C(C)\C(C)=N/[O-])(O/N=C(C)\C(C)=N/[O-])O/N=C(C)\C(C)=N/[O-]. The molecule has 1 atom stereocenters. The summed E-state index contributed by atoms with van der Waals surface area (Å²) in [5.41, 5.74) is 0.874. The molecule has 0 aliphatic carbocycles. The second-order valence-corrected chi connectivity index (χ2v) is 6.46. The fraction of sp³-hybridized carbons (Fsp3) is 0.625. The normalized spacial score (nSPS) is 16.6. The van der Waals surface area contributed by atoms with E-state index in [0.29, 0.717) is 6.42 Å². The Bertz CT molecular complexity index is 643. The van der Waals surface area contributed by atoms with Crippen LogP contribution in [-0.4, -0.2) is 41.0 Å². The zero-order valence-electron chi connectivity index (χ0n) is 18.0. The highest BCUT2D eigenvalue weighted by molar-refractivity contribution is 6.62. The first-order valence-electron chi connectivity index (χ1n) is 8.92. The maximum atomic E-state index is 10.7. The third-order valence-corrected chi connectivity index (χ3v) is 4.33. The van der Waals surface area contributed by atoms with Crippen molar-refractivity contribution in [1.82, 2.24) is 0 Å². The van der Waals surface area contributed by atoms with Gasteiger partial charge in [0, 0.05) is 0 Å². The van der Waals surface area contributed by atoms with Crippen molar-refractivity contribution >= 4 is 41.0 Å². The molecule has 0 aromatic carbocycles. The summed E-state index contributed by atoms with van der Waals surface area (Å²) in [6.07, 6.45) is 0.510. The van der Waals surface area contributed by atoms with Crippen LogP contribution in [0.4, 0.5) is 0 Å². The van der Waals surface area contributed by atoms with E-state index in [4.69, 9.17) is 14.3 Å². The van der Waals surface area contributed by atoms with E-state index < -0.39 is 12.6 Å². The van der Waals surface area contributed by atoms with Gasteiger partial charge >= 0.3 is 6.75 Å². The summed E-state index contributed by atoms with van der Waals surface area (Å²) >= 11 is 0. The lowest BCUT2D eigenvalue weighted by atomic mass is 9.63.